The Balaban J connectivity index is 1.79. The van der Waals surface area contributed by atoms with E-state index in [-0.39, 0.29) is 12.5 Å². The van der Waals surface area contributed by atoms with Gasteiger partial charge in [-0.25, -0.2) is 0 Å². The molecule has 2 saturated heterocycles. The van der Waals surface area contributed by atoms with Crippen LogP contribution >= 0.6 is 0 Å². The number of amides is 1. The third kappa shape index (κ3) is 28.7. The van der Waals surface area contributed by atoms with E-state index < -0.39 is 86.8 Å². The van der Waals surface area contributed by atoms with Crippen molar-refractivity contribution in [2.75, 3.05) is 19.8 Å². The zero-order chi connectivity index (χ0) is 50.3. The van der Waals surface area contributed by atoms with Crippen LogP contribution in [-0.4, -0.2) is 140 Å². The second-order valence-electron chi connectivity index (χ2n) is 20.4. The third-order valence-corrected chi connectivity index (χ3v) is 14.2. The summed E-state index contributed by atoms with van der Waals surface area (Å²) < 4.78 is 22.8. The molecule has 12 atom stereocenters. The van der Waals surface area contributed by atoms with Crippen molar-refractivity contribution in [1.29, 1.82) is 0 Å². The highest BCUT2D eigenvalue weighted by Gasteiger charge is 2.51. The Morgan fingerprint density at radius 2 is 0.913 bits per heavy atom. The maximum Gasteiger partial charge on any atom is 0.220 e. The number of carbonyl (C=O) groups excluding carboxylic acids is 1. The number of ether oxygens (including phenoxy) is 4. The molecule has 2 fully saturated rings. The van der Waals surface area contributed by atoms with Crippen LogP contribution in [0, 0.1) is 0 Å². The summed E-state index contributed by atoms with van der Waals surface area (Å²) in [7, 11) is 0. The minimum atomic E-state index is -1.78. The molecule has 0 radical (unpaired) electrons. The first-order valence-electron chi connectivity index (χ1n) is 28.4. The largest absolute Gasteiger partial charge is 0.394 e. The van der Waals surface area contributed by atoms with E-state index in [2.05, 4.69) is 31.3 Å². The zero-order valence-electron chi connectivity index (χ0n) is 43.6. The van der Waals surface area contributed by atoms with Gasteiger partial charge >= 0.3 is 0 Å². The lowest BCUT2D eigenvalue weighted by molar-refractivity contribution is -0.359. The Morgan fingerprint density at radius 1 is 0.507 bits per heavy atom. The number of aliphatic hydroxyl groups excluding tert-OH is 8. The molecule has 69 heavy (non-hydrogen) atoms. The fourth-order valence-electron chi connectivity index (χ4n) is 9.59. The van der Waals surface area contributed by atoms with Crippen molar-refractivity contribution in [2.45, 2.75) is 312 Å². The average Bonchev–Trinajstić information content (AvgIpc) is 3.35. The minimum Gasteiger partial charge on any atom is -0.394 e. The first kappa shape index (κ1) is 63.8. The zero-order valence-corrected chi connectivity index (χ0v) is 43.6. The summed E-state index contributed by atoms with van der Waals surface area (Å²) in [5.41, 5.74) is 0. The second kappa shape index (κ2) is 42.1. The molecular weight excluding hydrogens is 883 g/mol. The van der Waals surface area contributed by atoms with Crippen molar-refractivity contribution in [1.82, 2.24) is 5.32 Å². The molecule has 0 aliphatic carbocycles. The topological polar surface area (TPSA) is 228 Å². The Kier molecular flexibility index (Phi) is 39.0. The van der Waals surface area contributed by atoms with E-state index in [1.807, 2.05) is 0 Å². The van der Waals surface area contributed by atoms with E-state index in [0.717, 1.165) is 57.8 Å². The van der Waals surface area contributed by atoms with Crippen molar-refractivity contribution in [3.63, 3.8) is 0 Å². The van der Waals surface area contributed by atoms with Gasteiger partial charge in [0, 0.05) is 6.42 Å². The second-order valence-corrected chi connectivity index (χ2v) is 20.4. The van der Waals surface area contributed by atoms with E-state index in [4.69, 9.17) is 18.9 Å². The third-order valence-electron chi connectivity index (χ3n) is 14.2. The van der Waals surface area contributed by atoms with Crippen molar-refractivity contribution in [3.05, 3.63) is 12.2 Å². The molecule has 0 saturated carbocycles. The minimum absolute atomic E-state index is 0.209. The number of nitrogens with one attached hydrogen (secondary N) is 1. The van der Waals surface area contributed by atoms with Crippen LogP contribution in [0.3, 0.4) is 0 Å². The lowest BCUT2D eigenvalue weighted by Gasteiger charge is -2.46. The quantitative estimate of drug-likeness (QED) is 0.0206. The highest BCUT2D eigenvalue weighted by Crippen LogP contribution is 2.30. The standard InChI is InChI=1S/C55H105NO13/c1-3-5-7-9-11-13-15-17-19-21-23-24-26-28-30-32-34-36-38-44(59)43(56-47(60)39-37-35-33-31-29-27-25-22-20-18-16-14-12-10-8-6-4-2)42-66-54-52(65)50(63)53(46(41-58)68-54)69-55-51(64)49(62)48(61)45(40-57)67-55/h18,20,43-46,48-55,57-59,61-65H,3-17,19,21-42H2,1-2H3,(H,56,60)/b20-18-. The van der Waals surface area contributed by atoms with Gasteiger partial charge in [-0.2, -0.15) is 0 Å². The lowest BCUT2D eigenvalue weighted by Crippen LogP contribution is -2.65. The molecule has 0 aromatic carbocycles. The van der Waals surface area contributed by atoms with Gasteiger partial charge in [0.05, 0.1) is 32.0 Å². The van der Waals surface area contributed by atoms with Crippen LogP contribution in [0.2, 0.25) is 0 Å². The van der Waals surface area contributed by atoms with E-state index in [9.17, 15) is 45.6 Å². The van der Waals surface area contributed by atoms with Gasteiger partial charge in [0.15, 0.2) is 12.6 Å². The molecule has 2 aliphatic heterocycles. The van der Waals surface area contributed by atoms with E-state index in [1.165, 1.54) is 154 Å². The van der Waals surface area contributed by atoms with Crippen molar-refractivity contribution in [3.8, 4) is 0 Å². The molecule has 2 aliphatic rings. The van der Waals surface area contributed by atoms with Crippen LogP contribution in [-0.2, 0) is 23.7 Å². The highest BCUT2D eigenvalue weighted by molar-refractivity contribution is 5.76. The van der Waals surface area contributed by atoms with E-state index in [1.54, 1.807) is 0 Å². The molecule has 2 rings (SSSR count). The van der Waals surface area contributed by atoms with Crippen LogP contribution in [0.15, 0.2) is 12.2 Å². The molecule has 2 heterocycles. The summed E-state index contributed by atoms with van der Waals surface area (Å²) in [6, 6.07) is -0.827. The summed E-state index contributed by atoms with van der Waals surface area (Å²) in [5.74, 6) is -0.209. The number of unbranched alkanes of at least 4 members (excludes halogenated alkanes) is 30. The summed E-state index contributed by atoms with van der Waals surface area (Å²) in [4.78, 5) is 13.2. The van der Waals surface area contributed by atoms with Crippen LogP contribution in [0.5, 0.6) is 0 Å². The highest BCUT2D eigenvalue weighted by atomic mass is 16.7. The van der Waals surface area contributed by atoms with Gasteiger partial charge in [-0.15, -0.1) is 0 Å². The SMILES string of the molecule is CCCCCCCC/C=C\CCCCCCCCCC(=O)NC(COC1OC(CO)C(OC2OC(CO)C(O)C(O)C2O)C(O)C1O)C(O)CCCCCCCCCCCCCCCCCCCC. The van der Waals surface area contributed by atoms with Crippen LogP contribution < -0.4 is 5.32 Å². The number of hydrogen-bond acceptors (Lipinski definition) is 13. The molecule has 9 N–H and O–H groups in total. The lowest BCUT2D eigenvalue weighted by atomic mass is 9.97. The maximum absolute atomic E-state index is 13.2. The van der Waals surface area contributed by atoms with Gasteiger partial charge < -0.3 is 65.1 Å². The Hall–Kier alpha value is -1.27. The van der Waals surface area contributed by atoms with Gasteiger partial charge in [-0.05, 0) is 38.5 Å². The number of allylic oxidation sites excluding steroid dienone is 2. The molecule has 0 bridgehead atoms. The monoisotopic (exact) mass is 988 g/mol. The molecular formula is C55H105NO13. The van der Waals surface area contributed by atoms with Gasteiger partial charge in [0.1, 0.15) is 48.8 Å². The van der Waals surface area contributed by atoms with Gasteiger partial charge in [0.2, 0.25) is 5.91 Å². The number of hydrogen-bond donors (Lipinski definition) is 9. The summed E-state index contributed by atoms with van der Waals surface area (Å²) in [6.45, 7) is 2.87. The molecule has 408 valence electrons. The summed E-state index contributed by atoms with van der Waals surface area (Å²) >= 11 is 0. The van der Waals surface area contributed by atoms with Crippen molar-refractivity contribution >= 4 is 5.91 Å². The van der Waals surface area contributed by atoms with Crippen molar-refractivity contribution in [2.24, 2.45) is 0 Å². The van der Waals surface area contributed by atoms with Gasteiger partial charge in [-0.1, -0.05) is 206 Å². The smallest absolute Gasteiger partial charge is 0.220 e. The molecule has 0 aromatic heterocycles. The maximum atomic E-state index is 13.2. The molecule has 0 aromatic rings. The Morgan fingerprint density at radius 3 is 1.38 bits per heavy atom. The first-order chi connectivity index (χ1) is 33.6. The van der Waals surface area contributed by atoms with E-state index in [0.29, 0.717) is 12.8 Å². The normalized spacial score (nSPS) is 26.2. The Labute approximate surface area is 418 Å². The van der Waals surface area contributed by atoms with Gasteiger partial charge in [0.25, 0.3) is 0 Å². The fourth-order valence-corrected chi connectivity index (χ4v) is 9.59. The molecule has 1 amide bonds. The van der Waals surface area contributed by atoms with Crippen LogP contribution in [0.4, 0.5) is 0 Å². The van der Waals surface area contributed by atoms with Crippen LogP contribution in [0.1, 0.15) is 239 Å². The molecule has 12 unspecified atom stereocenters. The van der Waals surface area contributed by atoms with Gasteiger partial charge in [-0.3, -0.25) is 4.79 Å². The number of aliphatic hydroxyl groups is 8. The van der Waals surface area contributed by atoms with Crippen LogP contribution in [0.25, 0.3) is 0 Å². The molecule has 14 nitrogen and oxygen atoms in total. The first-order valence-corrected chi connectivity index (χ1v) is 28.4. The van der Waals surface area contributed by atoms with E-state index >= 15 is 0 Å². The number of carbonyl (C=O) groups is 1. The molecule has 14 heteroatoms. The summed E-state index contributed by atoms with van der Waals surface area (Å²) in [5, 5.41) is 87.1. The predicted octanol–water partition coefficient (Wildman–Crippen LogP) is 8.72. The Bertz CT molecular complexity index is 1210. The fraction of sp³-hybridized carbons (Fsp3) is 0.945. The molecule has 0 spiro atoms. The number of rotatable bonds is 45. The predicted molar refractivity (Wildman–Crippen MR) is 272 cm³/mol. The average molecular weight is 988 g/mol. The summed E-state index contributed by atoms with van der Waals surface area (Å²) in [6.07, 6.45) is 29.2. The van der Waals surface area contributed by atoms with Crippen molar-refractivity contribution < 1.29 is 64.6 Å².